The Morgan fingerprint density at radius 1 is 1.12 bits per heavy atom. The number of nitrogens with zero attached hydrogens (tertiary/aromatic N) is 2. The lowest BCUT2D eigenvalue weighted by atomic mass is 10.1. The van der Waals surface area contributed by atoms with E-state index in [0.29, 0.717) is 34.3 Å². The van der Waals surface area contributed by atoms with Gasteiger partial charge in [0, 0.05) is 16.6 Å². The summed E-state index contributed by atoms with van der Waals surface area (Å²) in [5.74, 6) is -0.132. The lowest BCUT2D eigenvalue weighted by molar-refractivity contribution is 0.0953. The van der Waals surface area contributed by atoms with E-state index in [1.807, 2.05) is 50.2 Å². The molecule has 0 aliphatic carbocycles. The SMILES string of the molecule is Cc1nn(-c2ccccc2)c(C)c1C(=O)NCCc1ccc(Cl)cc1Cl. The van der Waals surface area contributed by atoms with Crippen molar-refractivity contribution in [2.75, 3.05) is 6.54 Å². The molecule has 0 saturated carbocycles. The molecule has 3 rings (SSSR count). The zero-order chi connectivity index (χ0) is 18.7. The predicted octanol–water partition coefficient (Wildman–Crippen LogP) is 4.77. The second-order valence-electron chi connectivity index (χ2n) is 6.03. The maximum atomic E-state index is 12.6. The number of halogens is 2. The Bertz CT molecular complexity index is 936. The standard InChI is InChI=1S/C20H19Cl2N3O/c1-13-19(14(2)25(24-13)17-6-4-3-5-7-17)20(26)23-11-10-15-8-9-16(21)12-18(15)22/h3-9,12H,10-11H2,1-2H3,(H,23,26). The fourth-order valence-electron chi connectivity index (χ4n) is 2.92. The van der Waals surface area contributed by atoms with E-state index in [1.54, 1.807) is 16.8 Å². The fourth-order valence-corrected chi connectivity index (χ4v) is 3.42. The summed E-state index contributed by atoms with van der Waals surface area (Å²) in [5.41, 5.74) is 4.00. The fraction of sp³-hybridized carbons (Fsp3) is 0.200. The maximum Gasteiger partial charge on any atom is 0.255 e. The molecule has 1 heterocycles. The third-order valence-electron chi connectivity index (χ3n) is 4.21. The van der Waals surface area contributed by atoms with E-state index in [0.717, 1.165) is 16.9 Å². The highest BCUT2D eigenvalue weighted by atomic mass is 35.5. The molecule has 1 N–H and O–H groups in total. The highest BCUT2D eigenvalue weighted by molar-refractivity contribution is 6.35. The summed E-state index contributed by atoms with van der Waals surface area (Å²) < 4.78 is 1.79. The van der Waals surface area contributed by atoms with Gasteiger partial charge in [-0.15, -0.1) is 0 Å². The van der Waals surface area contributed by atoms with Gasteiger partial charge < -0.3 is 5.32 Å². The number of rotatable bonds is 5. The van der Waals surface area contributed by atoms with Crippen LogP contribution in [0.2, 0.25) is 10.0 Å². The van der Waals surface area contributed by atoms with Gasteiger partial charge in [-0.3, -0.25) is 4.79 Å². The first-order valence-corrected chi connectivity index (χ1v) is 9.06. The monoisotopic (exact) mass is 387 g/mol. The van der Waals surface area contributed by atoms with Gasteiger partial charge in [0.15, 0.2) is 0 Å². The molecular weight excluding hydrogens is 369 g/mol. The molecule has 0 fully saturated rings. The van der Waals surface area contributed by atoms with E-state index in [2.05, 4.69) is 10.4 Å². The van der Waals surface area contributed by atoms with Crippen molar-refractivity contribution in [3.05, 3.63) is 81.1 Å². The topological polar surface area (TPSA) is 46.9 Å². The van der Waals surface area contributed by atoms with Crippen molar-refractivity contribution in [2.24, 2.45) is 0 Å². The summed E-state index contributed by atoms with van der Waals surface area (Å²) in [6, 6.07) is 15.1. The third kappa shape index (κ3) is 3.92. The van der Waals surface area contributed by atoms with Crippen LogP contribution in [-0.4, -0.2) is 22.2 Å². The zero-order valence-electron chi connectivity index (χ0n) is 14.6. The van der Waals surface area contributed by atoms with Crippen molar-refractivity contribution < 1.29 is 4.79 Å². The van der Waals surface area contributed by atoms with Crippen LogP contribution in [-0.2, 0) is 6.42 Å². The van der Waals surface area contributed by atoms with Crippen LogP contribution in [0.1, 0.15) is 27.3 Å². The van der Waals surface area contributed by atoms with Crippen LogP contribution in [0.15, 0.2) is 48.5 Å². The molecule has 0 saturated heterocycles. The van der Waals surface area contributed by atoms with Crippen LogP contribution in [0.4, 0.5) is 0 Å². The van der Waals surface area contributed by atoms with Crippen LogP contribution in [0.5, 0.6) is 0 Å². The molecular formula is C20H19Cl2N3O. The largest absolute Gasteiger partial charge is 0.352 e. The molecule has 26 heavy (non-hydrogen) atoms. The Kier molecular flexibility index (Phi) is 5.64. The van der Waals surface area contributed by atoms with E-state index < -0.39 is 0 Å². The number of benzene rings is 2. The van der Waals surface area contributed by atoms with Crippen LogP contribution >= 0.6 is 23.2 Å². The number of nitrogens with one attached hydrogen (secondary N) is 1. The zero-order valence-corrected chi connectivity index (χ0v) is 16.1. The van der Waals surface area contributed by atoms with E-state index >= 15 is 0 Å². The molecule has 1 amide bonds. The summed E-state index contributed by atoms with van der Waals surface area (Å²) in [4.78, 5) is 12.6. The van der Waals surface area contributed by atoms with Gasteiger partial charge >= 0.3 is 0 Å². The molecule has 6 heteroatoms. The first-order valence-electron chi connectivity index (χ1n) is 8.31. The summed E-state index contributed by atoms with van der Waals surface area (Å²) >= 11 is 12.1. The van der Waals surface area contributed by atoms with E-state index in [4.69, 9.17) is 23.2 Å². The van der Waals surface area contributed by atoms with Gasteiger partial charge in [0.2, 0.25) is 0 Å². The van der Waals surface area contributed by atoms with Gasteiger partial charge in [0.1, 0.15) is 0 Å². The molecule has 2 aromatic carbocycles. The number of hydrogen-bond acceptors (Lipinski definition) is 2. The van der Waals surface area contributed by atoms with Crippen LogP contribution < -0.4 is 5.32 Å². The summed E-state index contributed by atoms with van der Waals surface area (Å²) in [7, 11) is 0. The van der Waals surface area contributed by atoms with Gasteiger partial charge in [-0.25, -0.2) is 4.68 Å². The third-order valence-corrected chi connectivity index (χ3v) is 4.80. The molecule has 0 unspecified atom stereocenters. The second kappa shape index (κ2) is 7.94. The first kappa shape index (κ1) is 18.5. The molecule has 1 aromatic heterocycles. The number of para-hydroxylation sites is 1. The average molecular weight is 388 g/mol. The van der Waals surface area contributed by atoms with E-state index in [1.165, 1.54) is 0 Å². The van der Waals surface area contributed by atoms with Gasteiger partial charge in [-0.05, 0) is 50.1 Å². The molecule has 0 aliphatic rings. The smallest absolute Gasteiger partial charge is 0.255 e. The second-order valence-corrected chi connectivity index (χ2v) is 6.88. The van der Waals surface area contributed by atoms with Crippen LogP contribution in [0.3, 0.4) is 0 Å². The molecule has 134 valence electrons. The average Bonchev–Trinajstić information content (AvgIpc) is 2.92. The normalized spacial score (nSPS) is 10.8. The van der Waals surface area contributed by atoms with E-state index in [-0.39, 0.29) is 5.91 Å². The Morgan fingerprint density at radius 3 is 2.54 bits per heavy atom. The summed E-state index contributed by atoms with van der Waals surface area (Å²) in [6.45, 7) is 4.23. The Balaban J connectivity index is 1.71. The summed E-state index contributed by atoms with van der Waals surface area (Å²) in [6.07, 6.45) is 0.632. The number of amides is 1. The predicted molar refractivity (Wildman–Crippen MR) is 106 cm³/mol. The van der Waals surface area contributed by atoms with Gasteiger partial charge in [-0.1, -0.05) is 47.5 Å². The van der Waals surface area contributed by atoms with Gasteiger partial charge in [0.05, 0.1) is 22.6 Å². The molecule has 0 bridgehead atoms. The van der Waals surface area contributed by atoms with Crippen molar-refractivity contribution >= 4 is 29.1 Å². The minimum Gasteiger partial charge on any atom is -0.352 e. The first-order chi connectivity index (χ1) is 12.5. The lowest BCUT2D eigenvalue weighted by Gasteiger charge is -2.08. The highest BCUT2D eigenvalue weighted by Crippen LogP contribution is 2.21. The Labute approximate surface area is 162 Å². The number of aryl methyl sites for hydroxylation is 1. The van der Waals surface area contributed by atoms with Crippen molar-refractivity contribution in [1.82, 2.24) is 15.1 Å². The molecule has 0 radical (unpaired) electrons. The van der Waals surface area contributed by atoms with Crippen LogP contribution in [0, 0.1) is 13.8 Å². The Hall–Kier alpha value is -2.30. The molecule has 0 aliphatic heterocycles. The molecule has 0 atom stereocenters. The quantitative estimate of drug-likeness (QED) is 0.685. The van der Waals surface area contributed by atoms with Gasteiger partial charge in [-0.2, -0.15) is 5.10 Å². The lowest BCUT2D eigenvalue weighted by Crippen LogP contribution is -2.26. The van der Waals surface area contributed by atoms with Crippen molar-refractivity contribution in [3.63, 3.8) is 0 Å². The van der Waals surface area contributed by atoms with Crippen molar-refractivity contribution in [3.8, 4) is 5.69 Å². The van der Waals surface area contributed by atoms with E-state index in [9.17, 15) is 4.79 Å². The minimum atomic E-state index is -0.132. The highest BCUT2D eigenvalue weighted by Gasteiger charge is 2.19. The number of aromatic nitrogens is 2. The maximum absolute atomic E-state index is 12.6. The van der Waals surface area contributed by atoms with Crippen molar-refractivity contribution in [1.29, 1.82) is 0 Å². The number of carbonyl (C=O) groups is 1. The van der Waals surface area contributed by atoms with Crippen LogP contribution in [0.25, 0.3) is 5.69 Å². The van der Waals surface area contributed by atoms with Gasteiger partial charge in [0.25, 0.3) is 5.91 Å². The minimum absolute atomic E-state index is 0.132. The molecule has 3 aromatic rings. The van der Waals surface area contributed by atoms with Crippen molar-refractivity contribution in [2.45, 2.75) is 20.3 Å². The summed E-state index contributed by atoms with van der Waals surface area (Å²) in [5, 5.41) is 8.67. The molecule has 4 nitrogen and oxygen atoms in total. The Morgan fingerprint density at radius 2 is 1.85 bits per heavy atom. The number of hydrogen-bond donors (Lipinski definition) is 1. The molecule has 0 spiro atoms. The number of carbonyl (C=O) groups excluding carboxylic acids is 1.